The number of ether oxygens (including phenoxy) is 1. The number of alkyl carbamates (subject to hydrolysis) is 1. The zero-order valence-electron chi connectivity index (χ0n) is 34.7. The molecule has 10 atom stereocenters. The molecule has 58 heavy (non-hydrogen) atoms. The summed E-state index contributed by atoms with van der Waals surface area (Å²) in [6.07, 6.45) is 4.98. The largest absolute Gasteiger partial charge is 0.453 e. The molecule has 3 aromatic carbocycles. The number of aromatic amines is 2. The van der Waals surface area contributed by atoms with E-state index < -0.39 is 12.1 Å². The Labute approximate surface area is 340 Å². The molecule has 2 aromatic heterocycles. The number of H-pyrrole nitrogens is 2. The van der Waals surface area contributed by atoms with E-state index in [0.717, 1.165) is 68.9 Å². The molecule has 0 bridgehead atoms. The van der Waals surface area contributed by atoms with Crippen LogP contribution in [-0.4, -0.2) is 72.9 Å². The van der Waals surface area contributed by atoms with E-state index in [0.29, 0.717) is 35.6 Å². The van der Waals surface area contributed by atoms with E-state index in [1.54, 1.807) is 0 Å². The first-order valence-corrected chi connectivity index (χ1v) is 21.1. The SMILES string of the molecule is COC(=O)N[C@H](C(=O)N1C2C(C)C2C[C@H]1c1ncc(-c2ccc(-c3ccc4cc(-c5cnc([C@@H]6CC7C([C@@H]7C)N6C(=O)[C@@H](C)C(C)C)[nH]5)ccc4c3)cc2)[nH]1)C(C)C. The molecule has 4 heterocycles. The lowest BCUT2D eigenvalue weighted by molar-refractivity contribution is -0.139. The van der Waals surface area contributed by atoms with Gasteiger partial charge in [0.25, 0.3) is 0 Å². The minimum atomic E-state index is -0.676. The Morgan fingerprint density at radius 2 is 1.16 bits per heavy atom. The summed E-state index contributed by atoms with van der Waals surface area (Å²) in [5, 5.41) is 5.06. The maximum atomic E-state index is 13.9. The molecule has 2 aliphatic heterocycles. The van der Waals surface area contributed by atoms with Gasteiger partial charge in [-0.1, -0.05) is 97.0 Å². The zero-order chi connectivity index (χ0) is 40.7. The number of aromatic nitrogens is 4. The van der Waals surface area contributed by atoms with Crippen molar-refractivity contribution in [2.45, 2.75) is 91.5 Å². The normalized spacial score (nSPS) is 26.8. The minimum Gasteiger partial charge on any atom is -0.453 e. The summed E-state index contributed by atoms with van der Waals surface area (Å²) in [5.74, 6) is 3.99. The number of methoxy groups -OCH3 is 1. The zero-order valence-corrected chi connectivity index (χ0v) is 34.7. The second kappa shape index (κ2) is 14.4. The molecule has 5 unspecified atom stereocenters. The van der Waals surface area contributed by atoms with Crippen molar-refractivity contribution in [1.29, 1.82) is 0 Å². The van der Waals surface area contributed by atoms with E-state index in [1.807, 2.05) is 31.1 Å². The molecular weight excluding hydrogens is 727 g/mol. The van der Waals surface area contributed by atoms with Crippen LogP contribution in [0.3, 0.4) is 0 Å². The molecule has 302 valence electrons. The van der Waals surface area contributed by atoms with Crippen molar-refractivity contribution >= 4 is 28.7 Å². The average molecular weight is 782 g/mol. The first kappa shape index (κ1) is 38.1. The van der Waals surface area contributed by atoms with Crippen molar-refractivity contribution < 1.29 is 19.1 Å². The Morgan fingerprint density at radius 3 is 1.69 bits per heavy atom. The van der Waals surface area contributed by atoms with Crippen molar-refractivity contribution in [2.75, 3.05) is 7.11 Å². The molecule has 11 heteroatoms. The van der Waals surface area contributed by atoms with Crippen LogP contribution < -0.4 is 5.32 Å². The van der Waals surface area contributed by atoms with E-state index in [1.165, 1.54) is 7.11 Å². The molecule has 3 N–H and O–H groups in total. The highest BCUT2D eigenvalue weighted by Gasteiger charge is 2.62. The van der Waals surface area contributed by atoms with E-state index in [2.05, 4.69) is 115 Å². The Kier molecular flexibility index (Phi) is 9.48. The van der Waals surface area contributed by atoms with Gasteiger partial charge in [-0.25, -0.2) is 14.8 Å². The molecule has 2 saturated heterocycles. The number of carbonyl (C=O) groups is 3. The van der Waals surface area contributed by atoms with Gasteiger partial charge in [0.2, 0.25) is 11.8 Å². The van der Waals surface area contributed by atoms with E-state index in [4.69, 9.17) is 14.7 Å². The van der Waals surface area contributed by atoms with Crippen molar-refractivity contribution in [3.8, 4) is 33.6 Å². The molecule has 4 fully saturated rings. The first-order chi connectivity index (χ1) is 27.8. The van der Waals surface area contributed by atoms with Crippen LogP contribution in [0, 0.1) is 41.4 Å². The molecule has 2 aliphatic carbocycles. The lowest BCUT2D eigenvalue weighted by Crippen LogP contribution is -2.52. The molecular formula is C47H55N7O4. The Balaban J connectivity index is 0.892. The third-order valence-electron chi connectivity index (χ3n) is 14.1. The monoisotopic (exact) mass is 781 g/mol. The summed E-state index contributed by atoms with van der Waals surface area (Å²) < 4.78 is 4.83. The number of nitrogens with zero attached hydrogens (tertiary/aromatic N) is 4. The summed E-state index contributed by atoms with van der Waals surface area (Å²) in [6.45, 7) is 14.6. The minimum absolute atomic E-state index is 0.00182. The van der Waals surface area contributed by atoms with Gasteiger partial charge in [-0.3, -0.25) is 9.59 Å². The average Bonchev–Trinajstić information content (AvgIpc) is 3.71. The highest BCUT2D eigenvalue weighted by Crippen LogP contribution is 2.59. The van der Waals surface area contributed by atoms with Crippen LogP contribution in [0.4, 0.5) is 4.79 Å². The molecule has 5 aromatic rings. The quantitative estimate of drug-likeness (QED) is 0.130. The van der Waals surface area contributed by atoms with Gasteiger partial charge in [0, 0.05) is 23.6 Å². The topological polar surface area (TPSA) is 136 Å². The number of benzene rings is 3. The number of piperidine rings is 2. The Morgan fingerprint density at radius 1 is 0.672 bits per heavy atom. The van der Waals surface area contributed by atoms with Crippen LogP contribution in [-0.2, 0) is 14.3 Å². The lowest BCUT2D eigenvalue weighted by Gasteiger charge is -2.32. The van der Waals surface area contributed by atoms with E-state index in [-0.39, 0.29) is 41.8 Å². The lowest BCUT2D eigenvalue weighted by atomic mass is 9.95. The summed E-state index contributed by atoms with van der Waals surface area (Å²) in [7, 11) is 1.31. The van der Waals surface area contributed by atoms with Gasteiger partial charge in [0.15, 0.2) is 0 Å². The molecule has 11 nitrogen and oxygen atoms in total. The highest BCUT2D eigenvalue weighted by molar-refractivity contribution is 5.91. The second-order valence-electron chi connectivity index (χ2n) is 18.1. The number of fused-ring (bicyclic) bond motifs is 3. The van der Waals surface area contributed by atoms with Crippen molar-refractivity contribution in [1.82, 2.24) is 35.1 Å². The van der Waals surface area contributed by atoms with Crippen molar-refractivity contribution in [2.24, 2.45) is 41.4 Å². The van der Waals surface area contributed by atoms with Gasteiger partial charge in [-0.15, -0.1) is 0 Å². The third kappa shape index (κ3) is 6.47. The van der Waals surface area contributed by atoms with Gasteiger partial charge in [-0.05, 0) is 87.9 Å². The molecule has 2 saturated carbocycles. The fourth-order valence-corrected chi connectivity index (χ4v) is 10.0. The number of imidazole rings is 2. The second-order valence-corrected chi connectivity index (χ2v) is 18.1. The maximum absolute atomic E-state index is 13.9. The van der Waals surface area contributed by atoms with Gasteiger partial charge in [-0.2, -0.15) is 0 Å². The highest BCUT2D eigenvalue weighted by atomic mass is 16.5. The molecule has 9 rings (SSSR count). The standard InChI is InChI=1S/C47H55N7O4/c1-23(2)25(5)45(55)53-38(19-34-26(6)41(34)53)43-49-22-37(51-43)33-16-15-31-17-30(13-14-32(31)18-33)28-9-11-29(12-10-28)36-21-48-44(50-36)39-20-35-27(7)42(35)54(39)46(56)40(24(3)4)52-47(57)58-8/h9-18,21-27,34-35,38-42H,19-20H2,1-8H3,(H,48,50)(H,49,51)(H,52,57)/t25-,26+,27?,34?,35?,38-,39-,40-,41?,42?/m0/s1. The van der Waals surface area contributed by atoms with Gasteiger partial charge >= 0.3 is 6.09 Å². The molecule has 3 amide bonds. The molecule has 4 aliphatic rings. The first-order valence-electron chi connectivity index (χ1n) is 21.1. The third-order valence-corrected chi connectivity index (χ3v) is 14.1. The predicted octanol–water partition coefficient (Wildman–Crippen LogP) is 8.78. The van der Waals surface area contributed by atoms with Gasteiger partial charge in [0.1, 0.15) is 17.7 Å². The summed E-state index contributed by atoms with van der Waals surface area (Å²) in [5.41, 5.74) is 6.19. The number of rotatable bonds is 10. The number of hydrogen-bond donors (Lipinski definition) is 3. The predicted molar refractivity (Wildman–Crippen MR) is 224 cm³/mol. The number of hydrogen-bond acceptors (Lipinski definition) is 6. The molecule has 0 spiro atoms. The van der Waals surface area contributed by atoms with E-state index in [9.17, 15) is 14.4 Å². The van der Waals surface area contributed by atoms with Crippen LogP contribution in [0.2, 0.25) is 0 Å². The smallest absolute Gasteiger partial charge is 0.407 e. The van der Waals surface area contributed by atoms with Crippen LogP contribution in [0.15, 0.2) is 73.1 Å². The summed E-state index contributed by atoms with van der Waals surface area (Å²) in [4.78, 5) is 60.5. The van der Waals surface area contributed by atoms with Crippen molar-refractivity contribution in [3.05, 3.63) is 84.7 Å². The van der Waals surface area contributed by atoms with Crippen LogP contribution in [0.5, 0.6) is 0 Å². The molecule has 0 radical (unpaired) electrons. The number of nitrogens with one attached hydrogen (secondary N) is 3. The van der Waals surface area contributed by atoms with Crippen LogP contribution >= 0.6 is 0 Å². The number of amides is 3. The van der Waals surface area contributed by atoms with Crippen molar-refractivity contribution in [3.63, 3.8) is 0 Å². The van der Waals surface area contributed by atoms with Gasteiger partial charge in [0.05, 0.1) is 43.0 Å². The van der Waals surface area contributed by atoms with Gasteiger partial charge < -0.3 is 29.8 Å². The number of carbonyl (C=O) groups excluding carboxylic acids is 3. The van der Waals surface area contributed by atoms with Crippen LogP contribution in [0.25, 0.3) is 44.4 Å². The fraction of sp³-hybridized carbons (Fsp3) is 0.468. The Bertz CT molecular complexity index is 2380. The Hall–Kier alpha value is -5.45. The maximum Gasteiger partial charge on any atom is 0.407 e. The summed E-state index contributed by atoms with van der Waals surface area (Å²) in [6, 6.07) is 21.2. The van der Waals surface area contributed by atoms with Crippen LogP contribution in [0.1, 0.15) is 85.0 Å². The van der Waals surface area contributed by atoms with E-state index >= 15 is 0 Å². The summed E-state index contributed by atoms with van der Waals surface area (Å²) >= 11 is 0. The fourth-order valence-electron chi connectivity index (χ4n) is 10.0. The number of likely N-dealkylation sites (tertiary alicyclic amines) is 2.